The van der Waals surface area contributed by atoms with Crippen molar-refractivity contribution < 1.29 is 14.0 Å². The molecule has 25 heavy (non-hydrogen) atoms. The SMILES string of the molecule is O=C1NC(=S)S/C1=C1\C(=O)N(Cc2ccccc2F)c2ccccc21. The highest BCUT2D eigenvalue weighted by molar-refractivity contribution is 8.27. The highest BCUT2D eigenvalue weighted by Gasteiger charge is 2.39. The van der Waals surface area contributed by atoms with Crippen molar-refractivity contribution >= 4 is 51.4 Å². The molecule has 1 saturated heterocycles. The van der Waals surface area contributed by atoms with E-state index in [4.69, 9.17) is 12.2 Å². The molecule has 0 unspecified atom stereocenters. The Labute approximate surface area is 152 Å². The number of thioether (sulfide) groups is 1. The maximum Gasteiger partial charge on any atom is 0.264 e. The Kier molecular flexibility index (Phi) is 3.89. The van der Waals surface area contributed by atoms with E-state index in [0.29, 0.717) is 31.6 Å². The van der Waals surface area contributed by atoms with Crippen LogP contribution in [0, 0.1) is 5.82 Å². The molecule has 2 heterocycles. The number of halogens is 1. The Morgan fingerprint density at radius 3 is 2.52 bits per heavy atom. The number of hydrogen-bond donors (Lipinski definition) is 1. The summed E-state index contributed by atoms with van der Waals surface area (Å²) in [5.41, 5.74) is 2.04. The number of nitrogens with one attached hydrogen (secondary N) is 1. The van der Waals surface area contributed by atoms with Crippen LogP contribution in [0.15, 0.2) is 53.4 Å². The van der Waals surface area contributed by atoms with Gasteiger partial charge >= 0.3 is 0 Å². The highest BCUT2D eigenvalue weighted by Crippen LogP contribution is 2.43. The monoisotopic (exact) mass is 370 g/mol. The summed E-state index contributed by atoms with van der Waals surface area (Å²) >= 11 is 6.10. The Balaban J connectivity index is 1.82. The molecule has 0 bridgehead atoms. The summed E-state index contributed by atoms with van der Waals surface area (Å²) in [6.45, 7) is 0.0933. The van der Waals surface area contributed by atoms with Crippen molar-refractivity contribution in [1.82, 2.24) is 5.32 Å². The molecule has 2 amide bonds. The second-order valence-corrected chi connectivity index (χ2v) is 7.23. The molecule has 2 aliphatic heterocycles. The van der Waals surface area contributed by atoms with Gasteiger partial charge < -0.3 is 10.2 Å². The van der Waals surface area contributed by atoms with Gasteiger partial charge in [0.2, 0.25) is 0 Å². The van der Waals surface area contributed by atoms with Crippen molar-refractivity contribution in [3.8, 4) is 0 Å². The van der Waals surface area contributed by atoms with Crippen LogP contribution in [0.3, 0.4) is 0 Å². The minimum atomic E-state index is -0.374. The molecule has 0 aliphatic carbocycles. The second-order valence-electron chi connectivity index (χ2n) is 5.55. The summed E-state index contributed by atoms with van der Waals surface area (Å²) in [4.78, 5) is 26.9. The predicted octanol–water partition coefficient (Wildman–Crippen LogP) is 3.23. The zero-order valence-corrected chi connectivity index (χ0v) is 14.4. The van der Waals surface area contributed by atoms with E-state index in [2.05, 4.69) is 5.32 Å². The Bertz CT molecular complexity index is 971. The van der Waals surface area contributed by atoms with Gasteiger partial charge in [0.25, 0.3) is 11.8 Å². The van der Waals surface area contributed by atoms with Crippen molar-refractivity contribution in [1.29, 1.82) is 0 Å². The fraction of sp³-hybridized carbons (Fsp3) is 0.0556. The molecule has 2 aliphatic rings. The smallest absolute Gasteiger partial charge is 0.264 e. The zero-order valence-electron chi connectivity index (χ0n) is 12.8. The molecular weight excluding hydrogens is 359 g/mol. The molecule has 4 nitrogen and oxygen atoms in total. The minimum absolute atomic E-state index is 0.0933. The molecule has 1 fully saturated rings. The van der Waals surface area contributed by atoms with Crippen LogP contribution in [0.2, 0.25) is 0 Å². The number of rotatable bonds is 2. The van der Waals surface area contributed by atoms with Crippen LogP contribution in [-0.4, -0.2) is 16.1 Å². The van der Waals surface area contributed by atoms with Gasteiger partial charge in [0.1, 0.15) is 10.1 Å². The summed E-state index contributed by atoms with van der Waals surface area (Å²) in [5.74, 6) is -1.07. The summed E-state index contributed by atoms with van der Waals surface area (Å²) in [7, 11) is 0. The average molecular weight is 370 g/mol. The number of amides is 2. The molecule has 0 saturated carbocycles. The number of carbonyl (C=O) groups excluding carboxylic acids is 2. The number of para-hydroxylation sites is 1. The Hall–Kier alpha value is -2.51. The first kappa shape index (κ1) is 16.0. The van der Waals surface area contributed by atoms with E-state index in [1.54, 1.807) is 42.5 Å². The second kappa shape index (κ2) is 6.09. The van der Waals surface area contributed by atoms with Gasteiger partial charge in [-0.25, -0.2) is 4.39 Å². The van der Waals surface area contributed by atoms with Crippen molar-refractivity contribution in [3.05, 3.63) is 70.4 Å². The number of carbonyl (C=O) groups is 2. The average Bonchev–Trinajstić information content (AvgIpc) is 3.06. The molecular formula is C18H11FN2O2S2. The Morgan fingerprint density at radius 1 is 1.08 bits per heavy atom. The van der Waals surface area contributed by atoms with E-state index in [0.717, 1.165) is 11.8 Å². The van der Waals surface area contributed by atoms with Gasteiger partial charge in [-0.3, -0.25) is 9.59 Å². The van der Waals surface area contributed by atoms with Gasteiger partial charge in [0.05, 0.1) is 22.7 Å². The van der Waals surface area contributed by atoms with Crippen molar-refractivity contribution in [2.24, 2.45) is 0 Å². The number of thiocarbonyl (C=S) groups is 1. The molecule has 1 N–H and O–H groups in total. The maximum absolute atomic E-state index is 14.0. The van der Waals surface area contributed by atoms with E-state index in [9.17, 15) is 14.0 Å². The van der Waals surface area contributed by atoms with Gasteiger partial charge in [-0.1, -0.05) is 60.4 Å². The molecule has 2 aromatic rings. The van der Waals surface area contributed by atoms with Gasteiger partial charge in [0.15, 0.2) is 0 Å². The maximum atomic E-state index is 14.0. The van der Waals surface area contributed by atoms with Gasteiger partial charge in [-0.2, -0.15) is 0 Å². The van der Waals surface area contributed by atoms with Crippen LogP contribution < -0.4 is 10.2 Å². The van der Waals surface area contributed by atoms with Crippen LogP contribution in [0.1, 0.15) is 11.1 Å². The highest BCUT2D eigenvalue weighted by atomic mass is 32.2. The molecule has 2 aromatic carbocycles. The third-order valence-electron chi connectivity index (χ3n) is 4.05. The molecule has 0 aromatic heterocycles. The lowest BCUT2D eigenvalue weighted by atomic mass is 10.1. The lowest BCUT2D eigenvalue weighted by Gasteiger charge is -2.17. The first-order valence-electron chi connectivity index (χ1n) is 7.48. The summed E-state index contributed by atoms with van der Waals surface area (Å²) in [6, 6.07) is 13.5. The normalized spacial score (nSPS) is 19.4. The lowest BCUT2D eigenvalue weighted by molar-refractivity contribution is -0.116. The molecule has 124 valence electrons. The van der Waals surface area contributed by atoms with Crippen LogP contribution in [0.25, 0.3) is 5.57 Å². The summed E-state index contributed by atoms with van der Waals surface area (Å²) < 4.78 is 14.3. The number of benzene rings is 2. The third-order valence-corrected chi connectivity index (χ3v) is 5.29. The fourth-order valence-corrected chi connectivity index (χ4v) is 4.05. The lowest BCUT2D eigenvalue weighted by Crippen LogP contribution is -2.27. The van der Waals surface area contributed by atoms with Gasteiger partial charge in [-0.15, -0.1) is 0 Å². The first-order valence-corrected chi connectivity index (χ1v) is 8.71. The Morgan fingerprint density at radius 2 is 1.80 bits per heavy atom. The van der Waals surface area contributed by atoms with E-state index in [1.165, 1.54) is 11.0 Å². The molecule has 7 heteroatoms. The number of hydrogen-bond acceptors (Lipinski definition) is 4. The first-order chi connectivity index (χ1) is 12.1. The largest absolute Gasteiger partial charge is 0.307 e. The minimum Gasteiger partial charge on any atom is -0.307 e. The summed E-state index contributed by atoms with van der Waals surface area (Å²) in [6.07, 6.45) is 0. The van der Waals surface area contributed by atoms with Crippen molar-refractivity contribution in [3.63, 3.8) is 0 Å². The van der Waals surface area contributed by atoms with E-state index in [1.807, 2.05) is 0 Å². The summed E-state index contributed by atoms with van der Waals surface area (Å²) in [5, 5.41) is 2.54. The predicted molar refractivity (Wildman–Crippen MR) is 99.3 cm³/mol. The topological polar surface area (TPSA) is 49.4 Å². The number of fused-ring (bicyclic) bond motifs is 1. The van der Waals surface area contributed by atoms with Crippen LogP contribution in [-0.2, 0) is 16.1 Å². The van der Waals surface area contributed by atoms with Crippen LogP contribution in [0.5, 0.6) is 0 Å². The quantitative estimate of drug-likeness (QED) is 0.651. The zero-order chi connectivity index (χ0) is 17.6. The standard InChI is InChI=1S/C18H11FN2O2S2/c19-12-7-3-1-5-10(12)9-21-13-8-4-2-6-11(13)14(17(21)23)15-16(22)20-18(24)25-15/h1-8H,9H2,(H,20,22,24)/b15-14-. The van der Waals surface area contributed by atoms with E-state index in [-0.39, 0.29) is 24.2 Å². The fourth-order valence-electron chi connectivity index (χ4n) is 2.93. The van der Waals surface area contributed by atoms with Crippen molar-refractivity contribution in [2.45, 2.75) is 6.54 Å². The number of nitrogens with zero attached hydrogens (tertiary/aromatic N) is 1. The number of anilines is 1. The van der Waals surface area contributed by atoms with E-state index >= 15 is 0 Å². The third kappa shape index (κ3) is 2.65. The molecule has 4 rings (SSSR count). The molecule has 0 spiro atoms. The van der Waals surface area contributed by atoms with Gasteiger partial charge in [-0.05, 0) is 12.1 Å². The van der Waals surface area contributed by atoms with Crippen LogP contribution in [0.4, 0.5) is 10.1 Å². The molecule has 0 radical (unpaired) electrons. The molecule has 0 atom stereocenters. The van der Waals surface area contributed by atoms with E-state index < -0.39 is 0 Å². The van der Waals surface area contributed by atoms with Gasteiger partial charge in [0, 0.05) is 11.1 Å². The van der Waals surface area contributed by atoms with Crippen LogP contribution >= 0.6 is 24.0 Å². The van der Waals surface area contributed by atoms with Crippen molar-refractivity contribution in [2.75, 3.05) is 4.90 Å².